The zero-order valence-electron chi connectivity index (χ0n) is 32.2. The van der Waals surface area contributed by atoms with E-state index in [1.165, 1.54) is 25.7 Å². The molecule has 1 aromatic heterocycles. The second-order valence-corrected chi connectivity index (χ2v) is 13.2. The minimum atomic E-state index is -0.118. The minimum absolute atomic E-state index is 0.00327. The lowest BCUT2D eigenvalue weighted by Gasteiger charge is -2.30. The van der Waals surface area contributed by atoms with Crippen LogP contribution < -0.4 is 14.9 Å². The third-order valence-electron chi connectivity index (χ3n) is 8.45. The number of amidine groups is 1. The summed E-state index contributed by atoms with van der Waals surface area (Å²) < 4.78 is 22.8. The molecule has 0 bridgehead atoms. The summed E-state index contributed by atoms with van der Waals surface area (Å²) in [6, 6.07) is 15.7. The van der Waals surface area contributed by atoms with E-state index in [2.05, 4.69) is 37.5 Å². The van der Waals surface area contributed by atoms with Gasteiger partial charge in [-0.05, 0) is 67.5 Å². The van der Waals surface area contributed by atoms with Gasteiger partial charge in [-0.1, -0.05) is 88.2 Å². The number of phenolic OH excluding ortho intramolecular Hbond substituents is 1. The molecule has 0 aliphatic carbocycles. The molecular formula is C41H53Cl2N7O5. The fourth-order valence-electron chi connectivity index (χ4n) is 5.64. The molecule has 14 heteroatoms. The van der Waals surface area contributed by atoms with Crippen molar-refractivity contribution in [2.45, 2.75) is 71.8 Å². The first kappa shape index (κ1) is 43.1. The van der Waals surface area contributed by atoms with E-state index < -0.39 is 0 Å². The minimum Gasteiger partial charge on any atom is -0.503 e. The van der Waals surface area contributed by atoms with Gasteiger partial charge in [0.05, 0.1) is 30.0 Å². The highest BCUT2D eigenvalue weighted by Gasteiger charge is 2.27. The van der Waals surface area contributed by atoms with Crippen molar-refractivity contribution in [2.75, 3.05) is 45.4 Å². The molecule has 0 amide bonds. The van der Waals surface area contributed by atoms with Crippen molar-refractivity contribution >= 4 is 46.9 Å². The van der Waals surface area contributed by atoms with Crippen molar-refractivity contribution < 1.29 is 24.1 Å². The maximum absolute atomic E-state index is 9.98. The molecule has 0 spiro atoms. The van der Waals surface area contributed by atoms with Crippen LogP contribution >= 0.6 is 23.2 Å². The molecule has 0 saturated carbocycles. The Morgan fingerprint density at radius 3 is 2.62 bits per heavy atom. The Morgan fingerprint density at radius 2 is 1.80 bits per heavy atom. The van der Waals surface area contributed by atoms with E-state index in [4.69, 9.17) is 42.1 Å². The number of methoxy groups -OCH3 is 1. The number of aromatic nitrogens is 1. The maximum atomic E-state index is 9.98. The van der Waals surface area contributed by atoms with Gasteiger partial charge in [-0.25, -0.2) is 4.98 Å². The van der Waals surface area contributed by atoms with Crippen LogP contribution in [0.5, 0.6) is 23.0 Å². The Balaban J connectivity index is 0.000000235. The second kappa shape index (κ2) is 24.0. The fraction of sp³-hybridized carbons (Fsp3) is 0.415. The molecule has 55 heavy (non-hydrogen) atoms. The highest BCUT2D eigenvalue weighted by molar-refractivity contribution is 6.32. The van der Waals surface area contributed by atoms with Gasteiger partial charge >= 0.3 is 0 Å². The number of halogens is 2. The first-order valence-electron chi connectivity index (χ1n) is 18.9. The Bertz CT molecular complexity index is 1780. The molecule has 1 atom stereocenters. The smallest absolute Gasteiger partial charge is 0.198 e. The lowest BCUT2D eigenvalue weighted by molar-refractivity contribution is 0.142. The van der Waals surface area contributed by atoms with E-state index in [0.717, 1.165) is 44.7 Å². The summed E-state index contributed by atoms with van der Waals surface area (Å²) in [7, 11) is 1.75. The normalized spacial score (nSPS) is 15.6. The highest BCUT2D eigenvalue weighted by atomic mass is 35.5. The molecule has 1 fully saturated rings. The number of allylic oxidation sites excluding steroid dienone is 2. The topological polar surface area (TPSA) is 126 Å². The summed E-state index contributed by atoms with van der Waals surface area (Å²) in [5.41, 5.74) is 3.83. The van der Waals surface area contributed by atoms with Crippen LogP contribution in [-0.2, 0) is 9.47 Å². The average molecular weight is 795 g/mol. The highest BCUT2D eigenvalue weighted by Crippen LogP contribution is 2.38. The first-order valence-corrected chi connectivity index (χ1v) is 19.7. The molecule has 3 aliphatic rings. The van der Waals surface area contributed by atoms with Gasteiger partial charge < -0.3 is 33.9 Å². The molecular weight excluding hydrogens is 741 g/mol. The number of aromatic hydroxyl groups is 1. The number of rotatable bonds is 15. The van der Waals surface area contributed by atoms with Crippen LogP contribution in [0, 0.1) is 0 Å². The Kier molecular flexibility index (Phi) is 18.8. The average Bonchev–Trinajstić information content (AvgIpc) is 3.49. The Hall–Kier alpha value is -4.62. The van der Waals surface area contributed by atoms with Crippen LogP contribution in [0.1, 0.15) is 65.7 Å². The van der Waals surface area contributed by atoms with E-state index in [1.54, 1.807) is 56.0 Å². The molecule has 3 aliphatic heterocycles. The van der Waals surface area contributed by atoms with Gasteiger partial charge in [0.15, 0.2) is 34.7 Å². The van der Waals surface area contributed by atoms with Crippen molar-refractivity contribution in [3.63, 3.8) is 0 Å². The van der Waals surface area contributed by atoms with Gasteiger partial charge in [-0.15, -0.1) is 5.10 Å². The van der Waals surface area contributed by atoms with Gasteiger partial charge in [0, 0.05) is 44.2 Å². The predicted octanol–water partition coefficient (Wildman–Crippen LogP) is 9.91. The fourth-order valence-corrected chi connectivity index (χ4v) is 5.98. The number of phenols is 1. The van der Waals surface area contributed by atoms with E-state index in [1.807, 2.05) is 55.3 Å². The first-order chi connectivity index (χ1) is 26.9. The number of hydrogen-bond donors (Lipinski definition) is 2. The molecule has 0 radical (unpaired) electrons. The van der Waals surface area contributed by atoms with Gasteiger partial charge in [-0.3, -0.25) is 5.43 Å². The number of para-hydroxylation sites is 1. The van der Waals surface area contributed by atoms with Crippen molar-refractivity contribution in [1.82, 2.24) is 14.8 Å². The number of hydrogen-bond acceptors (Lipinski definition) is 11. The molecule has 12 nitrogen and oxygen atoms in total. The molecule has 2 aromatic carbocycles. The van der Waals surface area contributed by atoms with Crippen molar-refractivity contribution in [1.29, 1.82) is 0 Å². The number of unbranched alkanes of at least 4 members (excludes halogenated alkanes) is 4. The molecule has 296 valence electrons. The van der Waals surface area contributed by atoms with Gasteiger partial charge in [-0.2, -0.15) is 10.2 Å². The number of fused-ring (bicyclic) bond motifs is 1. The number of hydrazone groups is 1. The molecule has 1 unspecified atom stereocenters. The standard InChI is InChI=1S/C22H28ClN3O2.C17H19ClN4O3.C2H6/c1-3-4-5-6-7-12-20(27-2)19-16-26-14-9-13-21(22(26)25-24-19)28-18-11-8-10-17(23)15-18;18-13-4-1-5-14(16(13)23)25-15-6-2-7-19-17(15)21-20-12-22-8-3-10-24-11-9-22;1-2/h8-11,13-15,20H,3-7,12,16H2,1-2H3;1-2,4-7,12,23H,3,8-11H2,(H,19,21);1-2H3/b;20-12+;. The Labute approximate surface area is 335 Å². The largest absolute Gasteiger partial charge is 0.503 e. The van der Waals surface area contributed by atoms with E-state index >= 15 is 0 Å². The predicted molar refractivity (Wildman–Crippen MR) is 223 cm³/mol. The van der Waals surface area contributed by atoms with E-state index in [0.29, 0.717) is 47.1 Å². The summed E-state index contributed by atoms with van der Waals surface area (Å²) >= 11 is 12.0. The third kappa shape index (κ3) is 13.9. The van der Waals surface area contributed by atoms with E-state index in [9.17, 15) is 5.11 Å². The molecule has 3 aromatic rings. The zero-order valence-corrected chi connectivity index (χ0v) is 33.7. The molecule has 4 heterocycles. The summed E-state index contributed by atoms with van der Waals surface area (Å²) in [4.78, 5) is 8.34. The van der Waals surface area contributed by atoms with Crippen molar-refractivity contribution in [3.05, 3.63) is 95.0 Å². The van der Waals surface area contributed by atoms with Crippen molar-refractivity contribution in [2.24, 2.45) is 15.3 Å². The van der Waals surface area contributed by atoms with Crippen LogP contribution in [0.15, 0.2) is 100 Å². The van der Waals surface area contributed by atoms with Crippen LogP contribution in [0.4, 0.5) is 5.82 Å². The van der Waals surface area contributed by atoms with Crippen LogP contribution in [0.25, 0.3) is 0 Å². The van der Waals surface area contributed by atoms with Crippen LogP contribution in [0.3, 0.4) is 0 Å². The Morgan fingerprint density at radius 1 is 0.982 bits per heavy atom. The number of nitrogens with one attached hydrogen (secondary N) is 1. The summed E-state index contributed by atoms with van der Waals surface area (Å²) in [5, 5.41) is 23.9. The summed E-state index contributed by atoms with van der Waals surface area (Å²) in [6.45, 7) is 10.0. The number of anilines is 1. The van der Waals surface area contributed by atoms with Crippen LogP contribution in [0.2, 0.25) is 10.0 Å². The number of nitrogens with zero attached hydrogens (tertiary/aromatic N) is 6. The quantitative estimate of drug-likeness (QED) is 0.0669. The molecule has 2 N–H and O–H groups in total. The second-order valence-electron chi connectivity index (χ2n) is 12.4. The third-order valence-corrected chi connectivity index (χ3v) is 8.99. The monoisotopic (exact) mass is 793 g/mol. The van der Waals surface area contributed by atoms with Gasteiger partial charge in [0.2, 0.25) is 0 Å². The SMILES string of the molecule is CC.CCCCCCCC(OC)C1=NN=C2C(Oc3cccc(Cl)c3)=CC=CN2C1.Oc1c(Cl)cccc1Oc1cccnc1N/N=C/N1CCCOCC1. The number of pyridine rings is 1. The molecule has 1 saturated heterocycles. The summed E-state index contributed by atoms with van der Waals surface area (Å²) in [5.74, 6) is 3.02. The molecule has 6 rings (SSSR count). The van der Waals surface area contributed by atoms with Gasteiger partial charge in [0.1, 0.15) is 12.1 Å². The lowest BCUT2D eigenvalue weighted by atomic mass is 10.0. The van der Waals surface area contributed by atoms with Crippen molar-refractivity contribution in [3.8, 4) is 23.0 Å². The lowest BCUT2D eigenvalue weighted by Crippen LogP contribution is -2.42. The maximum Gasteiger partial charge on any atom is 0.198 e. The van der Waals surface area contributed by atoms with E-state index in [-0.39, 0.29) is 22.6 Å². The number of benzene rings is 2. The zero-order chi connectivity index (χ0) is 39.3. The summed E-state index contributed by atoms with van der Waals surface area (Å²) in [6.07, 6.45) is 17.4. The van der Waals surface area contributed by atoms with Gasteiger partial charge in [0.25, 0.3) is 0 Å². The number of ether oxygens (including phenoxy) is 4. The van der Waals surface area contributed by atoms with Crippen LogP contribution in [-0.4, -0.2) is 83.8 Å².